The average molecular weight is 519 g/mol. The topological polar surface area (TPSA) is 58.6 Å². The van der Waals surface area contributed by atoms with Gasteiger partial charge in [0, 0.05) is 25.3 Å². The van der Waals surface area contributed by atoms with Crippen molar-refractivity contribution in [2.45, 2.75) is 45.5 Å². The second-order valence-corrected chi connectivity index (χ2v) is 10.6. The van der Waals surface area contributed by atoms with Crippen molar-refractivity contribution in [3.8, 4) is 5.75 Å². The van der Waals surface area contributed by atoms with E-state index in [4.69, 9.17) is 4.74 Å². The third-order valence-corrected chi connectivity index (χ3v) is 7.20. The summed E-state index contributed by atoms with van der Waals surface area (Å²) < 4.78 is 5.24. The summed E-state index contributed by atoms with van der Waals surface area (Å²) in [5, 5.41) is 3.08. The molecule has 0 saturated carbocycles. The number of hydrogen-bond acceptors (Lipinski definition) is 4. The minimum Gasteiger partial charge on any atom is -0.497 e. The number of ether oxygens (including phenoxy) is 1. The molecule has 0 bridgehead atoms. The maximum Gasteiger partial charge on any atom is 0.243 e. The van der Waals surface area contributed by atoms with Gasteiger partial charge in [-0.05, 0) is 47.2 Å². The van der Waals surface area contributed by atoms with Crippen LogP contribution in [0, 0.1) is 12.8 Å². The van der Waals surface area contributed by atoms with Gasteiger partial charge in [-0.15, -0.1) is 11.8 Å². The Morgan fingerprint density at radius 1 is 0.919 bits per heavy atom. The fourth-order valence-corrected chi connectivity index (χ4v) is 4.88. The second kappa shape index (κ2) is 14.5. The highest BCUT2D eigenvalue weighted by molar-refractivity contribution is 7.99. The van der Waals surface area contributed by atoms with Crippen LogP contribution in [0.4, 0.5) is 0 Å². The van der Waals surface area contributed by atoms with E-state index in [1.54, 1.807) is 23.8 Å². The van der Waals surface area contributed by atoms with E-state index in [-0.39, 0.29) is 11.8 Å². The van der Waals surface area contributed by atoms with Crippen molar-refractivity contribution in [3.63, 3.8) is 0 Å². The van der Waals surface area contributed by atoms with Crippen molar-refractivity contribution in [1.82, 2.24) is 10.2 Å². The van der Waals surface area contributed by atoms with Gasteiger partial charge in [0.1, 0.15) is 11.8 Å². The summed E-state index contributed by atoms with van der Waals surface area (Å²) >= 11 is 1.56. The number of aryl methyl sites for hydroxylation is 1. The molecule has 6 heteroatoms. The van der Waals surface area contributed by atoms with E-state index in [0.29, 0.717) is 36.9 Å². The van der Waals surface area contributed by atoms with Gasteiger partial charge in [0.25, 0.3) is 0 Å². The highest BCUT2D eigenvalue weighted by atomic mass is 32.2. The SMILES string of the molecule is COc1ccc(CSCC(=O)N(Cc2ccccc2C)C(Cc2ccccc2)C(=O)NCC(C)C)cc1. The molecule has 3 aromatic carbocycles. The molecule has 196 valence electrons. The van der Waals surface area contributed by atoms with Crippen LogP contribution in [0.5, 0.6) is 5.75 Å². The molecule has 1 N–H and O–H groups in total. The number of nitrogens with one attached hydrogen (secondary N) is 1. The van der Waals surface area contributed by atoms with Crippen LogP contribution in [0.15, 0.2) is 78.9 Å². The summed E-state index contributed by atoms with van der Waals surface area (Å²) in [6, 6.07) is 25.3. The smallest absolute Gasteiger partial charge is 0.243 e. The van der Waals surface area contributed by atoms with Crippen molar-refractivity contribution in [1.29, 1.82) is 0 Å². The van der Waals surface area contributed by atoms with Crippen molar-refractivity contribution >= 4 is 23.6 Å². The Hall–Kier alpha value is -3.25. The predicted molar refractivity (Wildman–Crippen MR) is 153 cm³/mol. The summed E-state index contributed by atoms with van der Waals surface area (Å²) in [4.78, 5) is 29.0. The number of carbonyl (C=O) groups excluding carboxylic acids is 2. The minimum absolute atomic E-state index is 0.0395. The minimum atomic E-state index is -0.602. The fraction of sp³-hybridized carbons (Fsp3) is 0.355. The highest BCUT2D eigenvalue weighted by Crippen LogP contribution is 2.21. The molecule has 3 aromatic rings. The molecule has 0 aromatic heterocycles. The van der Waals surface area contributed by atoms with Crippen LogP contribution in [0.2, 0.25) is 0 Å². The van der Waals surface area contributed by atoms with Gasteiger partial charge < -0.3 is 15.0 Å². The molecule has 0 aliphatic heterocycles. The Bertz CT molecular complexity index is 1130. The van der Waals surface area contributed by atoms with E-state index in [2.05, 4.69) is 19.2 Å². The first-order chi connectivity index (χ1) is 17.9. The third-order valence-electron chi connectivity index (χ3n) is 6.21. The van der Waals surface area contributed by atoms with E-state index in [0.717, 1.165) is 28.0 Å². The molecular weight excluding hydrogens is 480 g/mol. The van der Waals surface area contributed by atoms with Crippen LogP contribution < -0.4 is 10.1 Å². The zero-order valence-corrected chi connectivity index (χ0v) is 23.1. The van der Waals surface area contributed by atoms with E-state index in [1.807, 2.05) is 85.8 Å². The van der Waals surface area contributed by atoms with Crippen LogP contribution in [-0.4, -0.2) is 42.2 Å². The molecule has 1 atom stereocenters. The van der Waals surface area contributed by atoms with Gasteiger partial charge in [0.05, 0.1) is 12.9 Å². The second-order valence-electron chi connectivity index (χ2n) is 9.63. The zero-order valence-electron chi connectivity index (χ0n) is 22.3. The van der Waals surface area contributed by atoms with Crippen LogP contribution in [0.3, 0.4) is 0 Å². The summed E-state index contributed by atoms with van der Waals surface area (Å²) in [5.41, 5.74) is 4.30. The van der Waals surface area contributed by atoms with Gasteiger partial charge in [-0.25, -0.2) is 0 Å². The van der Waals surface area contributed by atoms with E-state index in [1.165, 1.54) is 0 Å². The van der Waals surface area contributed by atoms with Crippen molar-refractivity contribution in [2.24, 2.45) is 5.92 Å². The molecular formula is C31H38N2O3S. The number of carbonyl (C=O) groups is 2. The molecule has 0 aliphatic carbocycles. The first-order valence-corrected chi connectivity index (χ1v) is 13.9. The van der Waals surface area contributed by atoms with Crippen LogP contribution in [0.25, 0.3) is 0 Å². The van der Waals surface area contributed by atoms with Gasteiger partial charge in [-0.3, -0.25) is 9.59 Å². The lowest BCUT2D eigenvalue weighted by atomic mass is 10.0. The molecule has 0 heterocycles. The fourth-order valence-electron chi connectivity index (χ4n) is 4.01. The Morgan fingerprint density at radius 2 is 1.59 bits per heavy atom. The number of hydrogen-bond donors (Lipinski definition) is 1. The van der Waals surface area contributed by atoms with E-state index in [9.17, 15) is 9.59 Å². The van der Waals surface area contributed by atoms with Crippen molar-refractivity contribution in [3.05, 3.63) is 101 Å². The first-order valence-electron chi connectivity index (χ1n) is 12.7. The third kappa shape index (κ3) is 8.97. The summed E-state index contributed by atoms with van der Waals surface area (Å²) in [7, 11) is 1.65. The highest BCUT2D eigenvalue weighted by Gasteiger charge is 2.30. The molecule has 0 fully saturated rings. The van der Waals surface area contributed by atoms with Crippen LogP contribution in [0.1, 0.15) is 36.1 Å². The molecule has 0 saturated heterocycles. The molecule has 2 amide bonds. The van der Waals surface area contributed by atoms with Crippen molar-refractivity contribution < 1.29 is 14.3 Å². The monoisotopic (exact) mass is 518 g/mol. The Morgan fingerprint density at radius 3 is 2.24 bits per heavy atom. The number of amides is 2. The van der Waals surface area contributed by atoms with E-state index >= 15 is 0 Å². The number of benzene rings is 3. The van der Waals surface area contributed by atoms with Crippen molar-refractivity contribution in [2.75, 3.05) is 19.4 Å². The summed E-state index contributed by atoms with van der Waals surface area (Å²) in [5.74, 6) is 1.98. The van der Waals surface area contributed by atoms with E-state index < -0.39 is 6.04 Å². The molecule has 37 heavy (non-hydrogen) atoms. The molecule has 3 rings (SSSR count). The number of nitrogens with zero attached hydrogens (tertiary/aromatic N) is 1. The summed E-state index contributed by atoms with van der Waals surface area (Å²) in [6.45, 7) is 7.14. The maximum absolute atomic E-state index is 13.7. The zero-order chi connectivity index (χ0) is 26.6. The first kappa shape index (κ1) is 28.3. The normalized spacial score (nSPS) is 11.7. The lowest BCUT2D eigenvalue weighted by Gasteiger charge is -2.32. The predicted octanol–water partition coefficient (Wildman–Crippen LogP) is 5.65. The number of rotatable bonds is 13. The Balaban J connectivity index is 1.83. The quantitative estimate of drug-likeness (QED) is 0.318. The van der Waals surface area contributed by atoms with Crippen LogP contribution in [-0.2, 0) is 28.3 Å². The molecule has 0 aliphatic rings. The lowest BCUT2D eigenvalue weighted by Crippen LogP contribution is -2.51. The molecule has 0 radical (unpaired) electrons. The molecule has 1 unspecified atom stereocenters. The van der Waals surface area contributed by atoms with Crippen LogP contribution >= 0.6 is 11.8 Å². The van der Waals surface area contributed by atoms with Gasteiger partial charge >= 0.3 is 0 Å². The van der Waals surface area contributed by atoms with Gasteiger partial charge in [-0.2, -0.15) is 0 Å². The van der Waals surface area contributed by atoms with Gasteiger partial charge in [0.15, 0.2) is 0 Å². The standard InChI is InChI=1S/C31H38N2O3S/c1-23(2)19-32-31(35)29(18-25-11-6-5-7-12-25)33(20-27-13-9-8-10-24(27)3)30(34)22-37-21-26-14-16-28(36-4)17-15-26/h5-17,23,29H,18-22H2,1-4H3,(H,32,35). The van der Waals surface area contributed by atoms with Gasteiger partial charge in [-0.1, -0.05) is 80.6 Å². The maximum atomic E-state index is 13.7. The van der Waals surface area contributed by atoms with Gasteiger partial charge in [0.2, 0.25) is 11.8 Å². The molecule has 0 spiro atoms. The Kier molecular flexibility index (Phi) is 11.1. The average Bonchev–Trinajstić information content (AvgIpc) is 2.91. The molecule has 5 nitrogen and oxygen atoms in total. The summed E-state index contributed by atoms with van der Waals surface area (Å²) in [6.07, 6.45) is 0.464. The number of thioether (sulfide) groups is 1. The largest absolute Gasteiger partial charge is 0.497 e. The Labute approximate surface area is 225 Å². The number of methoxy groups -OCH3 is 1. The lowest BCUT2D eigenvalue weighted by molar-refractivity contribution is -0.139.